The van der Waals surface area contributed by atoms with Crippen LogP contribution in [-0.2, 0) is 16.6 Å². The highest BCUT2D eigenvalue weighted by molar-refractivity contribution is 8.14. The quantitative estimate of drug-likeness (QED) is 0.199. The molecule has 1 aromatic heterocycles. The van der Waals surface area contributed by atoms with Crippen molar-refractivity contribution in [3.63, 3.8) is 0 Å². The normalized spacial score (nSPS) is 16.8. The first-order chi connectivity index (χ1) is 20.9. The van der Waals surface area contributed by atoms with Crippen LogP contribution in [0.1, 0.15) is 51.7 Å². The number of para-hydroxylation sites is 1. The Hall–Kier alpha value is -4.12. The third-order valence-corrected chi connectivity index (χ3v) is 8.60. The first-order valence-corrected chi connectivity index (χ1v) is 15.4. The summed E-state index contributed by atoms with van der Waals surface area (Å²) >= 11 is 1.63. The second-order valence-corrected chi connectivity index (χ2v) is 12.4. The average molecular weight is 622 g/mol. The number of alkyl halides is 3. The summed E-state index contributed by atoms with van der Waals surface area (Å²) in [6.07, 6.45) is -1.09. The van der Waals surface area contributed by atoms with Crippen molar-refractivity contribution >= 4 is 28.5 Å². The standard InChI is InChI=1S/C33H34F3N5O2S/c1-5-23-8-6-7-9-28(23)41-22(2)18-19-44-31(41)38-29(42)20-32(3,4)25-12-10-24(11-13-25)30-37-21-40(39-30)26-14-16-27(17-15-26)43-33(34,35)36/h6-17,21-22H,5,18-20H2,1-4H3. The van der Waals surface area contributed by atoms with Gasteiger partial charge in [-0.1, -0.05) is 75.0 Å². The van der Waals surface area contributed by atoms with Crippen molar-refractivity contribution in [2.45, 2.75) is 64.8 Å². The Kier molecular flexibility index (Phi) is 9.15. The molecule has 0 bridgehead atoms. The van der Waals surface area contributed by atoms with E-state index in [1.807, 2.05) is 50.2 Å². The minimum atomic E-state index is -4.75. The van der Waals surface area contributed by atoms with E-state index in [1.165, 1.54) is 40.8 Å². The lowest BCUT2D eigenvalue weighted by atomic mass is 9.81. The second kappa shape index (κ2) is 12.9. The lowest BCUT2D eigenvalue weighted by molar-refractivity contribution is -0.274. The number of benzene rings is 3. The molecule has 1 aliphatic rings. The van der Waals surface area contributed by atoms with Crippen LogP contribution in [0, 0.1) is 0 Å². The minimum Gasteiger partial charge on any atom is -0.406 e. The molecule has 44 heavy (non-hydrogen) atoms. The Bertz CT molecular complexity index is 1630. The zero-order valence-electron chi connectivity index (χ0n) is 25.0. The van der Waals surface area contributed by atoms with Crippen molar-refractivity contribution in [2.24, 2.45) is 4.99 Å². The van der Waals surface area contributed by atoms with Crippen LogP contribution in [0.4, 0.5) is 18.9 Å². The molecule has 0 N–H and O–H groups in total. The van der Waals surface area contributed by atoms with Crippen LogP contribution in [0.2, 0.25) is 0 Å². The van der Waals surface area contributed by atoms with E-state index in [1.54, 1.807) is 11.8 Å². The molecule has 5 rings (SSSR count). The summed E-state index contributed by atoms with van der Waals surface area (Å²) in [5.41, 5.74) is 4.16. The van der Waals surface area contributed by atoms with Crippen molar-refractivity contribution in [1.29, 1.82) is 0 Å². The minimum absolute atomic E-state index is 0.165. The van der Waals surface area contributed by atoms with Crippen molar-refractivity contribution in [3.8, 4) is 22.8 Å². The van der Waals surface area contributed by atoms with Gasteiger partial charge < -0.3 is 9.64 Å². The number of ether oxygens (including phenoxy) is 1. The number of anilines is 1. The molecule has 0 spiro atoms. The Morgan fingerprint density at radius 3 is 2.43 bits per heavy atom. The number of aryl methyl sites for hydroxylation is 1. The van der Waals surface area contributed by atoms with Gasteiger partial charge in [0.05, 0.1) is 5.69 Å². The van der Waals surface area contributed by atoms with E-state index in [9.17, 15) is 18.0 Å². The topological polar surface area (TPSA) is 72.6 Å². The van der Waals surface area contributed by atoms with Crippen LogP contribution in [0.5, 0.6) is 5.75 Å². The number of nitrogens with zero attached hydrogens (tertiary/aromatic N) is 5. The number of aromatic nitrogens is 3. The molecule has 3 aromatic carbocycles. The van der Waals surface area contributed by atoms with Crippen molar-refractivity contribution < 1.29 is 22.7 Å². The molecular weight excluding hydrogens is 587 g/mol. The summed E-state index contributed by atoms with van der Waals surface area (Å²) in [5.74, 6) is 0.908. The molecule has 1 amide bonds. The second-order valence-electron chi connectivity index (χ2n) is 11.3. The number of carbonyl (C=O) groups is 1. The van der Waals surface area contributed by atoms with Crippen LogP contribution in [-0.4, -0.2) is 44.0 Å². The predicted molar refractivity (Wildman–Crippen MR) is 168 cm³/mol. The fourth-order valence-corrected chi connectivity index (χ4v) is 6.42. The Morgan fingerprint density at radius 2 is 1.75 bits per heavy atom. The van der Waals surface area contributed by atoms with Gasteiger partial charge in [-0.3, -0.25) is 4.79 Å². The lowest BCUT2D eigenvalue weighted by Gasteiger charge is -2.36. The maximum absolute atomic E-state index is 13.3. The highest BCUT2D eigenvalue weighted by Gasteiger charge is 2.31. The molecule has 2 heterocycles. The SMILES string of the molecule is CCc1ccccc1N1C(=NC(=O)CC(C)(C)c2ccc(-c3ncn(-c4ccc(OC(F)(F)F)cc4)n3)cc2)SCCC1C. The molecule has 0 radical (unpaired) electrons. The van der Waals surface area contributed by atoms with Gasteiger partial charge in [-0.05, 0) is 66.6 Å². The van der Waals surface area contributed by atoms with E-state index in [0.29, 0.717) is 11.5 Å². The average Bonchev–Trinajstić information content (AvgIpc) is 3.47. The molecule has 1 saturated heterocycles. The highest BCUT2D eigenvalue weighted by Crippen LogP contribution is 2.34. The zero-order chi connectivity index (χ0) is 31.5. The van der Waals surface area contributed by atoms with Gasteiger partial charge >= 0.3 is 6.36 Å². The molecule has 1 atom stereocenters. The summed E-state index contributed by atoms with van der Waals surface area (Å²) in [4.78, 5) is 24.5. The maximum atomic E-state index is 13.3. The molecular formula is C33H34F3N5O2S. The van der Waals surface area contributed by atoms with Gasteiger partial charge in [0, 0.05) is 29.5 Å². The molecule has 1 fully saturated rings. The van der Waals surface area contributed by atoms with Crippen LogP contribution in [0.15, 0.2) is 84.1 Å². The first kappa shape index (κ1) is 31.3. The maximum Gasteiger partial charge on any atom is 0.573 e. The summed E-state index contributed by atoms with van der Waals surface area (Å²) in [6.45, 7) is 8.37. The lowest BCUT2D eigenvalue weighted by Crippen LogP contribution is -2.42. The third-order valence-electron chi connectivity index (χ3n) is 7.61. The molecule has 230 valence electrons. The molecule has 11 heteroatoms. The van der Waals surface area contributed by atoms with E-state index in [-0.39, 0.29) is 24.1 Å². The van der Waals surface area contributed by atoms with E-state index in [0.717, 1.165) is 40.6 Å². The number of amidine groups is 1. The largest absolute Gasteiger partial charge is 0.573 e. The molecule has 1 unspecified atom stereocenters. The fourth-order valence-electron chi connectivity index (χ4n) is 5.20. The first-order valence-electron chi connectivity index (χ1n) is 14.4. The number of halogens is 3. The van der Waals surface area contributed by atoms with Crippen molar-refractivity contribution in [3.05, 3.63) is 90.3 Å². The predicted octanol–water partition coefficient (Wildman–Crippen LogP) is 7.98. The van der Waals surface area contributed by atoms with E-state index in [4.69, 9.17) is 0 Å². The molecule has 0 saturated carbocycles. The summed E-state index contributed by atoms with van der Waals surface area (Å²) in [7, 11) is 0. The third kappa shape index (κ3) is 7.32. The number of hydrogen-bond donors (Lipinski definition) is 0. The van der Waals surface area contributed by atoms with E-state index >= 15 is 0 Å². The van der Waals surface area contributed by atoms with Crippen LogP contribution in [0.3, 0.4) is 0 Å². The highest BCUT2D eigenvalue weighted by atomic mass is 32.2. The summed E-state index contributed by atoms with van der Waals surface area (Å²) < 4.78 is 42.8. The molecule has 0 aliphatic carbocycles. The van der Waals surface area contributed by atoms with E-state index in [2.05, 4.69) is 50.7 Å². The van der Waals surface area contributed by atoms with Gasteiger partial charge in [0.1, 0.15) is 12.1 Å². The van der Waals surface area contributed by atoms with Crippen molar-refractivity contribution in [2.75, 3.05) is 10.7 Å². The summed E-state index contributed by atoms with van der Waals surface area (Å²) in [5, 5.41) is 5.23. The number of thioether (sulfide) groups is 1. The molecule has 1 aliphatic heterocycles. The number of hydrogen-bond acceptors (Lipinski definition) is 5. The van der Waals surface area contributed by atoms with Crippen molar-refractivity contribution in [1.82, 2.24) is 14.8 Å². The van der Waals surface area contributed by atoms with Gasteiger partial charge in [-0.15, -0.1) is 18.3 Å². The smallest absolute Gasteiger partial charge is 0.406 e. The molecule has 4 aromatic rings. The van der Waals surface area contributed by atoms with Gasteiger partial charge in [-0.25, -0.2) is 9.67 Å². The van der Waals surface area contributed by atoms with Gasteiger partial charge in [0.2, 0.25) is 5.91 Å². The molecule has 7 nitrogen and oxygen atoms in total. The van der Waals surface area contributed by atoms with Crippen LogP contribution in [0.25, 0.3) is 17.1 Å². The van der Waals surface area contributed by atoms with E-state index < -0.39 is 11.8 Å². The van der Waals surface area contributed by atoms with Gasteiger partial charge in [-0.2, -0.15) is 4.99 Å². The fraction of sp³-hybridized carbons (Fsp3) is 0.333. The number of amides is 1. The summed E-state index contributed by atoms with van der Waals surface area (Å²) in [6, 6.07) is 21.7. The van der Waals surface area contributed by atoms with Gasteiger partial charge in [0.15, 0.2) is 11.0 Å². The monoisotopic (exact) mass is 621 g/mol. The van der Waals surface area contributed by atoms with Gasteiger partial charge in [0.25, 0.3) is 0 Å². The van der Waals surface area contributed by atoms with Crippen LogP contribution >= 0.6 is 11.8 Å². The Balaban J connectivity index is 1.28. The number of rotatable bonds is 8. The zero-order valence-corrected chi connectivity index (χ0v) is 25.8. The number of carbonyl (C=O) groups excluding carboxylic acids is 1. The van der Waals surface area contributed by atoms with Crippen LogP contribution < -0.4 is 9.64 Å². The Labute approximate surface area is 259 Å². The Morgan fingerprint density at radius 1 is 1.05 bits per heavy atom. The number of aliphatic imine (C=N–C) groups is 1.